The van der Waals surface area contributed by atoms with Crippen LogP contribution in [0.1, 0.15) is 26.5 Å². The van der Waals surface area contributed by atoms with Gasteiger partial charge in [0.2, 0.25) is 5.91 Å². The number of hydrogen-bond acceptors (Lipinski definition) is 7. The van der Waals surface area contributed by atoms with Crippen molar-refractivity contribution in [1.82, 2.24) is 19.3 Å². The van der Waals surface area contributed by atoms with Gasteiger partial charge in [0, 0.05) is 23.7 Å². The van der Waals surface area contributed by atoms with Crippen molar-refractivity contribution in [2.75, 3.05) is 5.32 Å². The second kappa shape index (κ2) is 7.76. The van der Waals surface area contributed by atoms with Crippen molar-refractivity contribution in [3.05, 3.63) is 75.0 Å². The molecule has 32 heavy (non-hydrogen) atoms. The fourth-order valence-corrected chi connectivity index (χ4v) is 3.13. The summed E-state index contributed by atoms with van der Waals surface area (Å²) >= 11 is 0. The number of anilines is 1. The van der Waals surface area contributed by atoms with Gasteiger partial charge in [-0.05, 0) is 18.2 Å². The largest absolute Gasteiger partial charge is 0.420 e. The van der Waals surface area contributed by atoms with E-state index in [0.717, 1.165) is 16.3 Å². The summed E-state index contributed by atoms with van der Waals surface area (Å²) in [4.78, 5) is 39.7. The SMILES string of the molecule is CC(C)(C)c1cc(NC(=O)Cn2c(=O)oc3cc([N+](=O)[O-])ccc32)n(-c2ccccn2)n1. The first-order chi connectivity index (χ1) is 15.1. The van der Waals surface area contributed by atoms with Gasteiger partial charge >= 0.3 is 5.76 Å². The Morgan fingerprint density at radius 1 is 1.22 bits per heavy atom. The number of benzene rings is 1. The molecule has 1 aromatic carbocycles. The summed E-state index contributed by atoms with van der Waals surface area (Å²) in [5, 5.41) is 18.3. The van der Waals surface area contributed by atoms with Gasteiger partial charge in [0.15, 0.2) is 11.4 Å². The van der Waals surface area contributed by atoms with Crippen LogP contribution < -0.4 is 11.1 Å². The highest BCUT2D eigenvalue weighted by atomic mass is 16.6. The third kappa shape index (κ3) is 4.00. The molecule has 11 nitrogen and oxygen atoms in total. The lowest BCUT2D eigenvalue weighted by Gasteiger charge is -2.13. The van der Waals surface area contributed by atoms with Crippen molar-refractivity contribution in [3.63, 3.8) is 0 Å². The van der Waals surface area contributed by atoms with Crippen LogP contribution in [0.5, 0.6) is 0 Å². The average molecular weight is 436 g/mol. The molecule has 4 rings (SSSR count). The Labute approximate surface area is 181 Å². The molecule has 0 aliphatic carbocycles. The van der Waals surface area contributed by atoms with E-state index in [4.69, 9.17) is 4.42 Å². The van der Waals surface area contributed by atoms with Crippen molar-refractivity contribution in [1.29, 1.82) is 0 Å². The third-order valence-corrected chi connectivity index (χ3v) is 4.78. The van der Waals surface area contributed by atoms with Crippen molar-refractivity contribution >= 4 is 28.5 Å². The molecule has 164 valence electrons. The summed E-state index contributed by atoms with van der Waals surface area (Å²) in [6.45, 7) is 5.65. The molecule has 11 heteroatoms. The minimum absolute atomic E-state index is 0.0329. The molecule has 0 unspecified atom stereocenters. The number of rotatable bonds is 5. The summed E-state index contributed by atoms with van der Waals surface area (Å²) in [6, 6.07) is 10.9. The molecule has 0 aliphatic heterocycles. The van der Waals surface area contributed by atoms with Gasteiger partial charge in [-0.1, -0.05) is 26.8 Å². The van der Waals surface area contributed by atoms with Gasteiger partial charge in [-0.15, -0.1) is 0 Å². The summed E-state index contributed by atoms with van der Waals surface area (Å²) in [5.74, 6) is -0.360. The van der Waals surface area contributed by atoms with Gasteiger partial charge in [0.05, 0.1) is 22.2 Å². The maximum Gasteiger partial charge on any atom is 0.420 e. The first-order valence-electron chi connectivity index (χ1n) is 9.73. The van der Waals surface area contributed by atoms with Crippen LogP contribution in [0.2, 0.25) is 0 Å². The summed E-state index contributed by atoms with van der Waals surface area (Å²) in [5.41, 5.74) is 0.578. The molecular formula is C21H20N6O5. The van der Waals surface area contributed by atoms with Crippen LogP contribution in [0.15, 0.2) is 57.9 Å². The molecule has 4 aromatic rings. The summed E-state index contributed by atoms with van der Waals surface area (Å²) < 4.78 is 7.72. The third-order valence-electron chi connectivity index (χ3n) is 4.78. The standard InChI is InChI=1S/C21H20N6O5/c1-21(2,3)16-11-18(26(24-16)17-6-4-5-9-22-17)23-19(28)12-25-14-8-7-13(27(30)31)10-15(14)32-20(25)29/h4-11H,12H2,1-3H3,(H,23,28). The molecule has 0 spiro atoms. The Morgan fingerprint density at radius 3 is 2.66 bits per heavy atom. The Hall–Kier alpha value is -4.28. The van der Waals surface area contributed by atoms with Crippen LogP contribution >= 0.6 is 0 Å². The number of oxazole rings is 1. The van der Waals surface area contributed by atoms with Gasteiger partial charge in [-0.3, -0.25) is 19.5 Å². The molecule has 1 N–H and O–H groups in total. The molecule has 0 aliphatic rings. The number of non-ortho nitro benzene ring substituents is 1. The fourth-order valence-electron chi connectivity index (χ4n) is 3.13. The molecule has 0 radical (unpaired) electrons. The molecule has 0 saturated carbocycles. The fraction of sp³-hybridized carbons (Fsp3) is 0.238. The molecule has 0 atom stereocenters. The van der Waals surface area contributed by atoms with Gasteiger partial charge < -0.3 is 9.73 Å². The highest BCUT2D eigenvalue weighted by molar-refractivity contribution is 5.91. The van der Waals surface area contributed by atoms with Crippen LogP contribution in [-0.4, -0.2) is 30.2 Å². The number of nitrogens with zero attached hydrogens (tertiary/aromatic N) is 5. The van der Waals surface area contributed by atoms with E-state index in [2.05, 4.69) is 15.4 Å². The highest BCUT2D eigenvalue weighted by Gasteiger charge is 2.23. The van der Waals surface area contributed by atoms with Crippen LogP contribution in [-0.2, 0) is 16.8 Å². The van der Waals surface area contributed by atoms with Gasteiger partial charge in [-0.25, -0.2) is 9.78 Å². The predicted octanol–water partition coefficient (Wildman–Crippen LogP) is 3.02. The zero-order valence-electron chi connectivity index (χ0n) is 17.6. The van der Waals surface area contributed by atoms with Gasteiger partial charge in [0.25, 0.3) is 5.69 Å². The Morgan fingerprint density at radius 2 is 2.00 bits per heavy atom. The molecule has 0 bridgehead atoms. The quantitative estimate of drug-likeness (QED) is 0.375. The van der Waals surface area contributed by atoms with Gasteiger partial charge in [-0.2, -0.15) is 9.78 Å². The van der Waals surface area contributed by atoms with Crippen LogP contribution in [0.25, 0.3) is 16.9 Å². The lowest BCUT2D eigenvalue weighted by Crippen LogP contribution is -2.25. The zero-order valence-corrected chi connectivity index (χ0v) is 17.6. The predicted molar refractivity (Wildman–Crippen MR) is 116 cm³/mol. The Bertz CT molecular complexity index is 1380. The second-order valence-electron chi connectivity index (χ2n) is 8.18. The number of nitro benzene ring substituents is 1. The summed E-state index contributed by atoms with van der Waals surface area (Å²) in [7, 11) is 0. The van der Waals surface area contributed by atoms with E-state index in [9.17, 15) is 19.7 Å². The van der Waals surface area contributed by atoms with Crippen LogP contribution in [0.4, 0.5) is 11.5 Å². The molecule has 3 aromatic heterocycles. The molecular weight excluding hydrogens is 416 g/mol. The van der Waals surface area contributed by atoms with E-state index in [-0.39, 0.29) is 28.7 Å². The topological polar surface area (TPSA) is 138 Å². The number of hydrogen-bond donors (Lipinski definition) is 1. The minimum Gasteiger partial charge on any atom is -0.407 e. The normalized spacial score (nSPS) is 11.6. The molecule has 1 amide bonds. The number of carbonyl (C=O) groups excluding carboxylic acids is 1. The van der Waals surface area contributed by atoms with Gasteiger partial charge in [0.1, 0.15) is 12.4 Å². The van der Waals surface area contributed by atoms with Crippen LogP contribution in [0, 0.1) is 10.1 Å². The second-order valence-corrected chi connectivity index (χ2v) is 8.18. The van der Waals surface area contributed by atoms with Crippen molar-refractivity contribution in [2.24, 2.45) is 0 Å². The number of amides is 1. The lowest BCUT2D eigenvalue weighted by atomic mass is 9.92. The molecule has 0 saturated heterocycles. The van der Waals surface area contributed by atoms with Crippen LogP contribution in [0.3, 0.4) is 0 Å². The van der Waals surface area contributed by atoms with E-state index >= 15 is 0 Å². The summed E-state index contributed by atoms with van der Waals surface area (Å²) in [6.07, 6.45) is 1.62. The monoisotopic (exact) mass is 436 g/mol. The Kier molecular flexibility index (Phi) is 5.09. The van der Waals surface area contributed by atoms with E-state index in [0.29, 0.717) is 11.6 Å². The smallest absolute Gasteiger partial charge is 0.407 e. The number of fused-ring (bicyclic) bond motifs is 1. The van der Waals surface area contributed by atoms with Crippen molar-refractivity contribution in [3.8, 4) is 5.82 Å². The van der Waals surface area contributed by atoms with E-state index < -0.39 is 16.6 Å². The molecule has 0 fully saturated rings. The van der Waals surface area contributed by atoms with Crippen molar-refractivity contribution in [2.45, 2.75) is 32.7 Å². The van der Waals surface area contributed by atoms with Crippen molar-refractivity contribution < 1.29 is 14.1 Å². The first-order valence-corrected chi connectivity index (χ1v) is 9.73. The maximum absolute atomic E-state index is 12.8. The molecule has 3 heterocycles. The maximum atomic E-state index is 12.8. The minimum atomic E-state index is -0.788. The zero-order chi connectivity index (χ0) is 23.0. The number of nitro groups is 1. The first kappa shape index (κ1) is 21.0. The van der Waals surface area contributed by atoms with E-state index in [1.807, 2.05) is 26.8 Å². The Balaban J connectivity index is 1.65. The van der Waals surface area contributed by atoms with E-state index in [1.165, 1.54) is 16.8 Å². The highest BCUT2D eigenvalue weighted by Crippen LogP contribution is 2.26. The number of nitrogens with one attached hydrogen (secondary N) is 1. The average Bonchev–Trinajstić information content (AvgIpc) is 3.29. The number of aromatic nitrogens is 4. The lowest BCUT2D eigenvalue weighted by molar-refractivity contribution is -0.384. The van der Waals surface area contributed by atoms with E-state index in [1.54, 1.807) is 24.4 Å². The number of carbonyl (C=O) groups is 1. The number of pyridine rings is 1.